The van der Waals surface area contributed by atoms with Crippen LogP contribution in [0.1, 0.15) is 24.8 Å². The quantitative estimate of drug-likeness (QED) is 0.840. The largest absolute Gasteiger partial charge is 0.481 e. The number of aliphatic carboxylic acids is 1. The third-order valence-electron chi connectivity index (χ3n) is 3.28. The smallest absolute Gasteiger partial charge is 0.314 e. The van der Waals surface area contributed by atoms with E-state index < -0.39 is 11.4 Å². The maximum Gasteiger partial charge on any atom is 0.314 e. The third-order valence-corrected chi connectivity index (χ3v) is 4.20. The second kappa shape index (κ2) is 4.30. The summed E-state index contributed by atoms with van der Waals surface area (Å²) in [5.41, 5.74) is 0.165. The number of benzene rings is 1. The number of carboxylic acids is 1. The van der Waals surface area contributed by atoms with Crippen LogP contribution in [0, 0.1) is 0 Å². The molecule has 1 aliphatic carbocycles. The molecule has 0 aromatic heterocycles. The highest BCUT2D eigenvalue weighted by atomic mass is 35.5. The Hall–Kier alpha value is -0.670. The summed E-state index contributed by atoms with van der Waals surface area (Å²) in [4.78, 5) is 12.4. The predicted octanol–water partition coefficient (Wildman–Crippen LogP) is 3.57. The minimum atomic E-state index is -0.729. The number of hydrogen-bond donors (Lipinski definition) is 1. The summed E-state index contributed by atoms with van der Waals surface area (Å²) in [5, 5.41) is 9.96. The molecule has 0 spiro atoms. The van der Waals surface area contributed by atoms with Crippen LogP contribution in [0.25, 0.3) is 0 Å². The Balaban J connectivity index is 2.46. The molecule has 1 aromatic rings. The van der Waals surface area contributed by atoms with E-state index in [9.17, 15) is 9.90 Å². The molecule has 0 atom stereocenters. The summed E-state index contributed by atoms with van der Waals surface area (Å²) in [7, 11) is 0. The van der Waals surface area contributed by atoms with E-state index in [4.69, 9.17) is 11.6 Å². The molecule has 0 radical (unpaired) electrons. The fourth-order valence-corrected chi connectivity index (χ4v) is 2.90. The van der Waals surface area contributed by atoms with Crippen LogP contribution in [0.3, 0.4) is 0 Å². The van der Waals surface area contributed by atoms with Gasteiger partial charge < -0.3 is 5.11 Å². The lowest BCUT2D eigenvalue weighted by Gasteiger charge is -2.38. The van der Waals surface area contributed by atoms with Gasteiger partial charge in [0.15, 0.2) is 0 Å². The van der Waals surface area contributed by atoms with Crippen LogP contribution < -0.4 is 0 Å². The van der Waals surface area contributed by atoms with E-state index in [0.717, 1.165) is 29.7 Å². The predicted molar refractivity (Wildman–Crippen MR) is 66.4 cm³/mol. The fourth-order valence-electron chi connectivity index (χ4n) is 2.11. The molecular formula is C12H13ClO2S. The first-order chi connectivity index (χ1) is 7.58. The van der Waals surface area contributed by atoms with E-state index in [1.54, 1.807) is 17.8 Å². The number of carbonyl (C=O) groups is 1. The Morgan fingerprint density at radius 2 is 2.12 bits per heavy atom. The Morgan fingerprint density at radius 1 is 1.44 bits per heavy atom. The average Bonchev–Trinajstić information content (AvgIpc) is 2.14. The molecule has 0 heterocycles. The van der Waals surface area contributed by atoms with Crippen molar-refractivity contribution in [2.45, 2.75) is 29.6 Å². The molecule has 1 saturated carbocycles. The van der Waals surface area contributed by atoms with Gasteiger partial charge in [-0.25, -0.2) is 0 Å². The Labute approximate surface area is 104 Å². The molecule has 86 valence electrons. The van der Waals surface area contributed by atoms with Crippen molar-refractivity contribution in [2.24, 2.45) is 0 Å². The highest BCUT2D eigenvalue weighted by Gasteiger charge is 2.46. The summed E-state index contributed by atoms with van der Waals surface area (Å²) < 4.78 is 0. The molecule has 4 heteroatoms. The molecule has 1 N–H and O–H groups in total. The van der Waals surface area contributed by atoms with Crippen molar-refractivity contribution in [2.75, 3.05) is 6.26 Å². The van der Waals surface area contributed by atoms with Gasteiger partial charge in [-0.1, -0.05) is 18.0 Å². The summed E-state index contributed by atoms with van der Waals surface area (Å²) in [6.07, 6.45) is 4.38. The van der Waals surface area contributed by atoms with Crippen LogP contribution in [0.15, 0.2) is 23.1 Å². The van der Waals surface area contributed by atoms with E-state index in [2.05, 4.69) is 0 Å². The fraction of sp³-hybridized carbons (Fsp3) is 0.417. The van der Waals surface area contributed by atoms with Gasteiger partial charge >= 0.3 is 5.97 Å². The van der Waals surface area contributed by atoms with Gasteiger partial charge in [-0.05, 0) is 42.9 Å². The second-order valence-corrected chi connectivity index (χ2v) is 5.44. The number of halogens is 1. The van der Waals surface area contributed by atoms with Crippen molar-refractivity contribution < 1.29 is 9.90 Å². The molecule has 0 aliphatic heterocycles. The summed E-state index contributed by atoms with van der Waals surface area (Å²) in [6, 6.07) is 5.60. The van der Waals surface area contributed by atoms with Crippen LogP contribution in [-0.4, -0.2) is 17.3 Å². The molecule has 2 rings (SSSR count). The number of rotatable bonds is 3. The van der Waals surface area contributed by atoms with Crippen molar-refractivity contribution in [1.29, 1.82) is 0 Å². The van der Waals surface area contributed by atoms with Gasteiger partial charge in [-0.3, -0.25) is 4.79 Å². The minimum absolute atomic E-state index is 0.620. The van der Waals surface area contributed by atoms with Crippen molar-refractivity contribution in [3.8, 4) is 0 Å². The van der Waals surface area contributed by atoms with Gasteiger partial charge in [0.25, 0.3) is 0 Å². The van der Waals surface area contributed by atoms with Gasteiger partial charge in [0.05, 0.1) is 5.41 Å². The minimum Gasteiger partial charge on any atom is -0.481 e. The van der Waals surface area contributed by atoms with Crippen LogP contribution in [0.4, 0.5) is 0 Å². The molecule has 2 nitrogen and oxygen atoms in total. The van der Waals surface area contributed by atoms with E-state index in [1.807, 2.05) is 18.4 Å². The molecule has 1 fully saturated rings. The summed E-state index contributed by atoms with van der Waals surface area (Å²) in [5.74, 6) is -0.729. The van der Waals surface area contributed by atoms with E-state index >= 15 is 0 Å². The van der Waals surface area contributed by atoms with Gasteiger partial charge in [0.1, 0.15) is 0 Å². The van der Waals surface area contributed by atoms with Gasteiger partial charge in [-0.15, -0.1) is 11.8 Å². The molecule has 1 aliphatic rings. The van der Waals surface area contributed by atoms with Crippen molar-refractivity contribution in [1.82, 2.24) is 0 Å². The monoisotopic (exact) mass is 256 g/mol. The SMILES string of the molecule is CSc1cc(Cl)cc(C2(C(=O)O)CCC2)c1. The molecule has 16 heavy (non-hydrogen) atoms. The molecule has 0 bridgehead atoms. The first-order valence-corrected chi connectivity index (χ1v) is 6.77. The van der Waals surface area contributed by atoms with Gasteiger partial charge in [-0.2, -0.15) is 0 Å². The lowest BCUT2D eigenvalue weighted by molar-refractivity contribution is -0.147. The van der Waals surface area contributed by atoms with Crippen LogP contribution in [0.2, 0.25) is 5.02 Å². The lowest BCUT2D eigenvalue weighted by atomic mass is 9.64. The number of carboxylic acid groups (broad SMARTS) is 1. The normalized spacial score (nSPS) is 17.9. The standard InChI is InChI=1S/C12H13ClO2S/c1-16-10-6-8(5-9(13)7-10)12(11(14)15)3-2-4-12/h5-7H,2-4H2,1H3,(H,14,15). The van der Waals surface area contributed by atoms with Gasteiger partial charge in [0, 0.05) is 9.92 Å². The number of hydrogen-bond acceptors (Lipinski definition) is 2. The van der Waals surface area contributed by atoms with E-state index in [1.165, 1.54) is 0 Å². The first-order valence-electron chi connectivity index (χ1n) is 5.17. The van der Waals surface area contributed by atoms with Crippen molar-refractivity contribution in [3.05, 3.63) is 28.8 Å². The molecular weight excluding hydrogens is 244 g/mol. The zero-order valence-electron chi connectivity index (χ0n) is 9.00. The number of thioether (sulfide) groups is 1. The maximum atomic E-state index is 11.4. The second-order valence-electron chi connectivity index (χ2n) is 4.12. The Morgan fingerprint density at radius 3 is 2.56 bits per heavy atom. The zero-order chi connectivity index (χ0) is 11.8. The van der Waals surface area contributed by atoms with E-state index in [-0.39, 0.29) is 0 Å². The average molecular weight is 257 g/mol. The first kappa shape index (κ1) is 11.8. The highest BCUT2D eigenvalue weighted by molar-refractivity contribution is 7.98. The molecule has 1 aromatic carbocycles. The highest BCUT2D eigenvalue weighted by Crippen LogP contribution is 2.45. The third kappa shape index (κ3) is 1.82. The summed E-state index contributed by atoms with van der Waals surface area (Å²) in [6.45, 7) is 0. The maximum absolute atomic E-state index is 11.4. The van der Waals surface area contributed by atoms with Gasteiger partial charge in [0.2, 0.25) is 0 Å². The Bertz CT molecular complexity index is 427. The summed E-state index contributed by atoms with van der Waals surface area (Å²) >= 11 is 7.60. The van der Waals surface area contributed by atoms with Crippen molar-refractivity contribution >= 4 is 29.3 Å². The molecule has 0 amide bonds. The Kier molecular flexibility index (Phi) is 3.17. The van der Waals surface area contributed by atoms with Crippen LogP contribution in [0.5, 0.6) is 0 Å². The van der Waals surface area contributed by atoms with E-state index in [0.29, 0.717) is 5.02 Å². The lowest BCUT2D eigenvalue weighted by Crippen LogP contribution is -2.42. The molecule has 0 saturated heterocycles. The van der Waals surface area contributed by atoms with Crippen LogP contribution in [-0.2, 0) is 10.2 Å². The zero-order valence-corrected chi connectivity index (χ0v) is 10.6. The van der Waals surface area contributed by atoms with Crippen LogP contribution >= 0.6 is 23.4 Å². The van der Waals surface area contributed by atoms with Crippen molar-refractivity contribution in [3.63, 3.8) is 0 Å². The topological polar surface area (TPSA) is 37.3 Å². The molecule has 0 unspecified atom stereocenters.